The topological polar surface area (TPSA) is 12.0 Å². The molecule has 0 aliphatic heterocycles. The van der Waals surface area contributed by atoms with Crippen LogP contribution in [-0.4, -0.2) is 0 Å². The smallest absolute Gasteiger partial charge is 0.123 e. The zero-order chi connectivity index (χ0) is 13.1. The third-order valence-corrected chi connectivity index (χ3v) is 3.16. The average molecular weight is 251 g/mol. The lowest BCUT2D eigenvalue weighted by molar-refractivity contribution is 0.627. The van der Waals surface area contributed by atoms with Gasteiger partial charge >= 0.3 is 0 Å². The second-order valence-corrected chi connectivity index (χ2v) is 4.54. The maximum atomic E-state index is 12.8. The number of rotatable bonds is 3. The molecule has 0 bridgehead atoms. The lowest BCUT2D eigenvalue weighted by Crippen LogP contribution is -1.99. The molecule has 0 spiro atoms. The van der Waals surface area contributed by atoms with Crippen LogP contribution in [-0.2, 0) is 6.54 Å². The maximum absolute atomic E-state index is 12.8. The molecule has 3 aromatic rings. The summed E-state index contributed by atoms with van der Waals surface area (Å²) >= 11 is 0. The first kappa shape index (κ1) is 11.7. The van der Waals surface area contributed by atoms with Gasteiger partial charge in [-0.2, -0.15) is 0 Å². The molecule has 0 saturated heterocycles. The quantitative estimate of drug-likeness (QED) is 0.717. The Bertz CT molecular complexity index is 689. The van der Waals surface area contributed by atoms with Gasteiger partial charge in [-0.25, -0.2) is 4.39 Å². The highest BCUT2D eigenvalue weighted by atomic mass is 19.1. The van der Waals surface area contributed by atoms with Crippen LogP contribution in [0.2, 0.25) is 0 Å². The highest BCUT2D eigenvalue weighted by Gasteiger charge is 1.97. The standard InChI is InChI=1S/C17H14FN/c18-16-8-5-13(6-9-16)12-19-17-10-7-14-3-1-2-4-15(14)11-17/h1-11,19H,12H2. The third kappa shape index (κ3) is 2.74. The van der Waals surface area contributed by atoms with Crippen molar-refractivity contribution in [3.8, 4) is 0 Å². The van der Waals surface area contributed by atoms with Crippen molar-refractivity contribution in [3.05, 3.63) is 78.1 Å². The first-order valence-corrected chi connectivity index (χ1v) is 6.28. The molecule has 0 aliphatic rings. The molecule has 0 amide bonds. The molecular weight excluding hydrogens is 237 g/mol. The number of benzene rings is 3. The van der Waals surface area contributed by atoms with Crippen LogP contribution in [0.25, 0.3) is 10.8 Å². The van der Waals surface area contributed by atoms with Crippen LogP contribution in [0.15, 0.2) is 66.7 Å². The lowest BCUT2D eigenvalue weighted by atomic mass is 10.1. The van der Waals surface area contributed by atoms with E-state index in [2.05, 4.69) is 35.6 Å². The molecule has 0 aliphatic carbocycles. The Balaban J connectivity index is 1.76. The van der Waals surface area contributed by atoms with Gasteiger partial charge in [0, 0.05) is 12.2 Å². The summed E-state index contributed by atoms with van der Waals surface area (Å²) < 4.78 is 12.8. The fraction of sp³-hybridized carbons (Fsp3) is 0.0588. The molecule has 0 heterocycles. The zero-order valence-electron chi connectivity index (χ0n) is 10.4. The molecule has 19 heavy (non-hydrogen) atoms. The fourth-order valence-corrected chi connectivity index (χ4v) is 2.11. The van der Waals surface area contributed by atoms with Gasteiger partial charge in [-0.15, -0.1) is 0 Å². The normalized spacial score (nSPS) is 10.6. The van der Waals surface area contributed by atoms with Gasteiger partial charge in [0.2, 0.25) is 0 Å². The molecule has 0 unspecified atom stereocenters. The fourth-order valence-electron chi connectivity index (χ4n) is 2.11. The maximum Gasteiger partial charge on any atom is 0.123 e. The molecule has 2 heteroatoms. The molecule has 1 N–H and O–H groups in total. The summed E-state index contributed by atoms with van der Waals surface area (Å²) in [5, 5.41) is 5.80. The van der Waals surface area contributed by atoms with E-state index in [4.69, 9.17) is 0 Å². The number of hydrogen-bond acceptors (Lipinski definition) is 1. The molecule has 0 saturated carbocycles. The minimum atomic E-state index is -0.200. The summed E-state index contributed by atoms with van der Waals surface area (Å²) in [6.07, 6.45) is 0. The summed E-state index contributed by atoms with van der Waals surface area (Å²) in [7, 11) is 0. The zero-order valence-corrected chi connectivity index (χ0v) is 10.4. The highest BCUT2D eigenvalue weighted by molar-refractivity contribution is 5.85. The van der Waals surface area contributed by atoms with Crippen LogP contribution in [0.1, 0.15) is 5.56 Å². The molecular formula is C17H14FN. The summed E-state index contributed by atoms with van der Waals surface area (Å²) in [6, 6.07) is 21.1. The predicted octanol–water partition coefficient (Wildman–Crippen LogP) is 4.59. The van der Waals surface area contributed by atoms with Crippen LogP contribution in [0, 0.1) is 5.82 Å². The number of nitrogens with one attached hydrogen (secondary N) is 1. The number of fused-ring (bicyclic) bond motifs is 1. The Morgan fingerprint density at radius 2 is 1.53 bits per heavy atom. The van der Waals surface area contributed by atoms with E-state index in [9.17, 15) is 4.39 Å². The minimum Gasteiger partial charge on any atom is -0.381 e. The van der Waals surface area contributed by atoms with Crippen molar-refractivity contribution in [2.24, 2.45) is 0 Å². The van der Waals surface area contributed by atoms with E-state index in [0.29, 0.717) is 6.54 Å². The molecule has 0 atom stereocenters. The Kier molecular flexibility index (Phi) is 3.15. The Hall–Kier alpha value is -2.35. The van der Waals surface area contributed by atoms with E-state index in [1.807, 2.05) is 12.1 Å². The Labute approximate surface area is 111 Å². The number of halogens is 1. The van der Waals surface area contributed by atoms with Gasteiger partial charge in [0.25, 0.3) is 0 Å². The van der Waals surface area contributed by atoms with Crippen molar-refractivity contribution in [2.75, 3.05) is 5.32 Å². The van der Waals surface area contributed by atoms with Crippen LogP contribution in [0.3, 0.4) is 0 Å². The highest BCUT2D eigenvalue weighted by Crippen LogP contribution is 2.19. The monoisotopic (exact) mass is 251 g/mol. The van der Waals surface area contributed by atoms with Crippen LogP contribution < -0.4 is 5.32 Å². The first-order valence-electron chi connectivity index (χ1n) is 6.28. The minimum absolute atomic E-state index is 0.200. The van der Waals surface area contributed by atoms with E-state index in [0.717, 1.165) is 11.3 Å². The van der Waals surface area contributed by atoms with Crippen molar-refractivity contribution in [1.29, 1.82) is 0 Å². The SMILES string of the molecule is Fc1ccc(CNc2ccc3ccccc3c2)cc1. The second-order valence-electron chi connectivity index (χ2n) is 4.54. The average Bonchev–Trinajstić information content (AvgIpc) is 2.46. The van der Waals surface area contributed by atoms with Crippen molar-refractivity contribution >= 4 is 16.5 Å². The van der Waals surface area contributed by atoms with Crippen molar-refractivity contribution in [3.63, 3.8) is 0 Å². The van der Waals surface area contributed by atoms with Gasteiger partial charge in [0.15, 0.2) is 0 Å². The molecule has 94 valence electrons. The molecule has 3 aromatic carbocycles. The van der Waals surface area contributed by atoms with Gasteiger partial charge < -0.3 is 5.32 Å². The summed E-state index contributed by atoms with van der Waals surface area (Å²) in [5.41, 5.74) is 2.14. The van der Waals surface area contributed by atoms with Gasteiger partial charge in [0.1, 0.15) is 5.82 Å². The first-order chi connectivity index (χ1) is 9.31. The van der Waals surface area contributed by atoms with E-state index < -0.39 is 0 Å². The second kappa shape index (κ2) is 5.11. The van der Waals surface area contributed by atoms with Gasteiger partial charge in [0.05, 0.1) is 0 Å². The van der Waals surface area contributed by atoms with E-state index in [-0.39, 0.29) is 5.82 Å². The Morgan fingerprint density at radius 3 is 2.32 bits per heavy atom. The predicted molar refractivity (Wildman–Crippen MR) is 77.7 cm³/mol. The third-order valence-electron chi connectivity index (χ3n) is 3.16. The summed E-state index contributed by atoms with van der Waals surface area (Å²) in [5.74, 6) is -0.200. The van der Waals surface area contributed by atoms with Crippen LogP contribution >= 0.6 is 0 Å². The van der Waals surface area contributed by atoms with Crippen LogP contribution in [0.5, 0.6) is 0 Å². The van der Waals surface area contributed by atoms with E-state index in [1.54, 1.807) is 12.1 Å². The van der Waals surface area contributed by atoms with Crippen LogP contribution in [0.4, 0.5) is 10.1 Å². The van der Waals surface area contributed by atoms with E-state index >= 15 is 0 Å². The molecule has 1 nitrogen and oxygen atoms in total. The molecule has 0 fully saturated rings. The van der Waals surface area contributed by atoms with Gasteiger partial charge in [-0.05, 0) is 40.6 Å². The molecule has 0 radical (unpaired) electrons. The number of hydrogen-bond donors (Lipinski definition) is 1. The van der Waals surface area contributed by atoms with Crippen molar-refractivity contribution < 1.29 is 4.39 Å². The van der Waals surface area contributed by atoms with Crippen molar-refractivity contribution in [1.82, 2.24) is 0 Å². The lowest BCUT2D eigenvalue weighted by Gasteiger charge is -2.08. The number of anilines is 1. The van der Waals surface area contributed by atoms with Gasteiger partial charge in [-0.3, -0.25) is 0 Å². The molecule has 3 rings (SSSR count). The summed E-state index contributed by atoms with van der Waals surface area (Å²) in [4.78, 5) is 0. The summed E-state index contributed by atoms with van der Waals surface area (Å²) in [6.45, 7) is 0.693. The van der Waals surface area contributed by atoms with Crippen molar-refractivity contribution in [2.45, 2.75) is 6.54 Å². The van der Waals surface area contributed by atoms with Gasteiger partial charge in [-0.1, -0.05) is 42.5 Å². The molecule has 0 aromatic heterocycles. The Morgan fingerprint density at radius 1 is 0.789 bits per heavy atom. The largest absolute Gasteiger partial charge is 0.381 e. The van der Waals surface area contributed by atoms with E-state index in [1.165, 1.54) is 22.9 Å².